The molecule has 8 nitrogen and oxygen atoms in total. The highest BCUT2D eigenvalue weighted by Gasteiger charge is 2.15. The molecule has 0 atom stereocenters. The summed E-state index contributed by atoms with van der Waals surface area (Å²) in [5.74, 6) is -0.885. The number of nitro benzene ring substituents is 1. The molecule has 0 fully saturated rings. The van der Waals surface area contributed by atoms with Crippen LogP contribution < -0.4 is 10.6 Å². The van der Waals surface area contributed by atoms with Gasteiger partial charge in [-0.1, -0.05) is 13.0 Å². The second-order valence-corrected chi connectivity index (χ2v) is 5.34. The van der Waals surface area contributed by atoms with Gasteiger partial charge in [0.1, 0.15) is 0 Å². The Bertz CT molecular complexity index is 648. The Morgan fingerprint density at radius 1 is 1.33 bits per heavy atom. The molecule has 0 aliphatic carbocycles. The largest absolute Gasteiger partial charge is 0.466 e. The number of anilines is 1. The zero-order chi connectivity index (χ0) is 18.1. The van der Waals surface area contributed by atoms with Gasteiger partial charge in [-0.25, -0.2) is 0 Å². The number of hydrogen-bond donors (Lipinski definition) is 2. The summed E-state index contributed by atoms with van der Waals surface area (Å²) < 4.78 is 4.86. The predicted octanol–water partition coefficient (Wildman–Crippen LogP) is 2.45. The van der Waals surface area contributed by atoms with Crippen LogP contribution in [0.1, 0.15) is 31.7 Å². The maximum absolute atomic E-state index is 11.7. The Hall–Kier alpha value is -2.55. The van der Waals surface area contributed by atoms with Gasteiger partial charge < -0.3 is 15.4 Å². The lowest BCUT2D eigenvalue weighted by molar-refractivity contribution is -0.385. The first-order valence-electron chi connectivity index (χ1n) is 7.35. The summed E-state index contributed by atoms with van der Waals surface area (Å²) in [6.07, 6.45) is 0.622. The number of carbonyl (C=O) groups excluding carboxylic acids is 2. The second-order valence-electron chi connectivity index (χ2n) is 4.93. The number of nitro groups is 1. The van der Waals surface area contributed by atoms with Crippen LogP contribution in [-0.4, -0.2) is 28.5 Å². The molecule has 1 rings (SSSR count). The van der Waals surface area contributed by atoms with E-state index >= 15 is 0 Å². The third-order valence-electron chi connectivity index (χ3n) is 3.03. The summed E-state index contributed by atoms with van der Waals surface area (Å²) in [5, 5.41) is 16.1. The van der Waals surface area contributed by atoms with Crippen molar-refractivity contribution in [1.29, 1.82) is 0 Å². The summed E-state index contributed by atoms with van der Waals surface area (Å²) >= 11 is 5.00. The van der Waals surface area contributed by atoms with Crippen molar-refractivity contribution in [2.24, 2.45) is 0 Å². The number of thiocarbonyl (C=S) groups is 1. The fourth-order valence-electron chi connectivity index (χ4n) is 1.80. The van der Waals surface area contributed by atoms with Crippen LogP contribution >= 0.6 is 12.2 Å². The zero-order valence-electron chi connectivity index (χ0n) is 13.5. The molecule has 0 saturated heterocycles. The van der Waals surface area contributed by atoms with E-state index in [2.05, 4.69) is 10.6 Å². The van der Waals surface area contributed by atoms with Crippen molar-refractivity contribution in [3.8, 4) is 0 Å². The van der Waals surface area contributed by atoms with Crippen LogP contribution in [0.25, 0.3) is 0 Å². The molecule has 9 heteroatoms. The van der Waals surface area contributed by atoms with Crippen molar-refractivity contribution in [3.05, 3.63) is 33.9 Å². The van der Waals surface area contributed by atoms with Gasteiger partial charge >= 0.3 is 5.97 Å². The quantitative estimate of drug-likeness (QED) is 0.335. The van der Waals surface area contributed by atoms with Gasteiger partial charge in [-0.15, -0.1) is 0 Å². The lowest BCUT2D eigenvalue weighted by Gasteiger charge is -2.11. The molecule has 0 spiro atoms. The number of ether oxygens (including phenoxy) is 1. The maximum Gasteiger partial charge on any atom is 0.306 e. The van der Waals surface area contributed by atoms with Gasteiger partial charge in [-0.3, -0.25) is 19.7 Å². The number of esters is 1. The smallest absolute Gasteiger partial charge is 0.306 e. The van der Waals surface area contributed by atoms with E-state index in [0.29, 0.717) is 24.3 Å². The van der Waals surface area contributed by atoms with Crippen molar-refractivity contribution in [1.82, 2.24) is 5.32 Å². The molecule has 0 bridgehead atoms. The van der Waals surface area contributed by atoms with Gasteiger partial charge in [0.2, 0.25) is 5.91 Å². The van der Waals surface area contributed by atoms with Crippen LogP contribution in [0.3, 0.4) is 0 Å². The van der Waals surface area contributed by atoms with Gasteiger partial charge in [0, 0.05) is 12.5 Å². The Balaban J connectivity index is 2.52. The molecule has 0 unspecified atom stereocenters. The number of benzene rings is 1. The molecule has 0 heterocycles. The fraction of sp³-hybridized carbons (Fsp3) is 0.400. The van der Waals surface area contributed by atoms with Crippen molar-refractivity contribution < 1.29 is 19.2 Å². The Morgan fingerprint density at radius 3 is 2.67 bits per heavy atom. The first kappa shape index (κ1) is 19.5. The molecule has 0 radical (unpaired) electrons. The normalized spacial score (nSPS) is 9.92. The van der Waals surface area contributed by atoms with Crippen LogP contribution in [0, 0.1) is 17.0 Å². The van der Waals surface area contributed by atoms with E-state index in [1.165, 1.54) is 12.1 Å². The maximum atomic E-state index is 11.7. The highest BCUT2D eigenvalue weighted by Crippen LogP contribution is 2.24. The average molecular weight is 353 g/mol. The van der Waals surface area contributed by atoms with Crippen molar-refractivity contribution >= 4 is 40.6 Å². The third kappa shape index (κ3) is 6.29. The predicted molar refractivity (Wildman–Crippen MR) is 92.7 cm³/mol. The Labute approximate surface area is 144 Å². The van der Waals surface area contributed by atoms with Gasteiger partial charge in [0.25, 0.3) is 5.69 Å². The van der Waals surface area contributed by atoms with Crippen LogP contribution in [0.2, 0.25) is 0 Å². The van der Waals surface area contributed by atoms with Gasteiger partial charge in [-0.2, -0.15) is 0 Å². The number of amides is 1. The average Bonchev–Trinajstić information content (AvgIpc) is 2.52. The minimum absolute atomic E-state index is 0.00511. The third-order valence-corrected chi connectivity index (χ3v) is 3.23. The number of nitrogens with one attached hydrogen (secondary N) is 2. The second kappa shape index (κ2) is 9.56. The van der Waals surface area contributed by atoms with Gasteiger partial charge in [0.05, 0.1) is 29.2 Å². The van der Waals surface area contributed by atoms with Crippen LogP contribution in [0.15, 0.2) is 18.2 Å². The molecule has 0 aliphatic heterocycles. The SMILES string of the molecule is CCCOC(=O)CCC(=O)NC(=S)Nc1cccc([N+](=O)[O-])c1C. The molecule has 2 N–H and O–H groups in total. The highest BCUT2D eigenvalue weighted by molar-refractivity contribution is 7.80. The number of hydrogen-bond acceptors (Lipinski definition) is 6. The van der Waals surface area contributed by atoms with Crippen LogP contribution in [-0.2, 0) is 14.3 Å². The summed E-state index contributed by atoms with van der Waals surface area (Å²) in [4.78, 5) is 33.4. The van der Waals surface area contributed by atoms with Crippen LogP contribution in [0.4, 0.5) is 11.4 Å². The summed E-state index contributed by atoms with van der Waals surface area (Å²) in [6.45, 7) is 3.78. The van der Waals surface area contributed by atoms with E-state index in [9.17, 15) is 19.7 Å². The van der Waals surface area contributed by atoms with E-state index in [4.69, 9.17) is 17.0 Å². The minimum Gasteiger partial charge on any atom is -0.466 e. The number of carbonyl (C=O) groups is 2. The lowest BCUT2D eigenvalue weighted by atomic mass is 10.1. The van der Waals surface area contributed by atoms with E-state index in [1.807, 2.05) is 6.92 Å². The fourth-order valence-corrected chi connectivity index (χ4v) is 2.03. The Morgan fingerprint density at radius 2 is 2.04 bits per heavy atom. The standard InChI is InChI=1S/C15H19N3O5S/c1-3-9-23-14(20)8-7-13(19)17-15(24)16-11-5-4-6-12(10(11)2)18(21)22/h4-6H,3,7-9H2,1-2H3,(H2,16,17,19,24). The van der Waals surface area contributed by atoms with E-state index in [1.54, 1.807) is 13.0 Å². The molecule has 1 aromatic rings. The summed E-state index contributed by atoms with van der Waals surface area (Å²) in [6, 6.07) is 4.51. The lowest BCUT2D eigenvalue weighted by Crippen LogP contribution is -2.34. The number of nitrogens with zero attached hydrogens (tertiary/aromatic N) is 1. The Kier molecular flexibility index (Phi) is 7.76. The summed E-state index contributed by atoms with van der Waals surface area (Å²) in [5.41, 5.74) is 0.784. The minimum atomic E-state index is -0.496. The molecular formula is C15H19N3O5S. The van der Waals surface area contributed by atoms with Gasteiger partial charge in [-0.05, 0) is 31.6 Å². The van der Waals surface area contributed by atoms with Crippen LogP contribution in [0.5, 0.6) is 0 Å². The molecule has 130 valence electrons. The molecule has 1 aromatic carbocycles. The van der Waals surface area contributed by atoms with Gasteiger partial charge in [0.15, 0.2) is 5.11 Å². The zero-order valence-corrected chi connectivity index (χ0v) is 14.3. The summed E-state index contributed by atoms with van der Waals surface area (Å²) in [7, 11) is 0. The van der Waals surface area contributed by atoms with Crippen molar-refractivity contribution in [2.75, 3.05) is 11.9 Å². The molecule has 0 aromatic heterocycles. The van der Waals surface area contributed by atoms with E-state index < -0.39 is 16.8 Å². The first-order valence-corrected chi connectivity index (χ1v) is 7.76. The topological polar surface area (TPSA) is 111 Å². The molecular weight excluding hydrogens is 334 g/mol. The van der Waals surface area contributed by atoms with Crippen molar-refractivity contribution in [3.63, 3.8) is 0 Å². The molecule has 1 amide bonds. The van der Waals surface area contributed by atoms with Crippen molar-refractivity contribution in [2.45, 2.75) is 33.1 Å². The van der Waals surface area contributed by atoms with E-state index in [-0.39, 0.29) is 23.6 Å². The molecule has 24 heavy (non-hydrogen) atoms. The molecule has 0 aliphatic rings. The van der Waals surface area contributed by atoms with E-state index in [0.717, 1.165) is 0 Å². The first-order chi connectivity index (χ1) is 11.3. The monoisotopic (exact) mass is 353 g/mol. The molecule has 0 saturated carbocycles. The highest BCUT2D eigenvalue weighted by atomic mass is 32.1. The number of rotatable bonds is 7.